The molecule has 3 aromatic heterocycles. The molecule has 0 spiro atoms. The van der Waals surface area contributed by atoms with E-state index in [1.807, 2.05) is 85.8 Å². The van der Waals surface area contributed by atoms with Gasteiger partial charge < -0.3 is 14.4 Å². The molecule has 4 heteroatoms. The molecule has 169 valence electrons. The second kappa shape index (κ2) is 10.6. The summed E-state index contributed by atoms with van der Waals surface area (Å²) in [5.41, 5.74) is 7.82. The molecule has 0 aliphatic heterocycles. The molecule has 0 amide bonds. The van der Waals surface area contributed by atoms with Gasteiger partial charge in [0.2, 0.25) is 0 Å². The molecule has 0 N–H and O–H groups in total. The van der Waals surface area contributed by atoms with E-state index in [1.165, 1.54) is 5.56 Å². The van der Waals surface area contributed by atoms with Crippen LogP contribution in [-0.2, 0) is 20.1 Å². The Kier molecular flexibility index (Phi) is 7.32. The first-order valence-corrected chi connectivity index (χ1v) is 10.9. The summed E-state index contributed by atoms with van der Waals surface area (Å²) in [6, 6.07) is 36.3. The second-order valence-corrected chi connectivity index (χ2v) is 7.78. The molecule has 3 heterocycles. The summed E-state index contributed by atoms with van der Waals surface area (Å²) in [6.07, 6.45) is 1.79. The SMILES string of the molecule is Cc1ccc(-c2[c-]ccc3c2oc2ccccc23)nc1C.[Ir].[c-]1ccccc1-c1ccccn1. The van der Waals surface area contributed by atoms with E-state index in [2.05, 4.69) is 41.2 Å². The maximum atomic E-state index is 6.04. The minimum atomic E-state index is 0. The predicted molar refractivity (Wildman–Crippen MR) is 134 cm³/mol. The number of hydrogen-bond donors (Lipinski definition) is 0. The van der Waals surface area contributed by atoms with Crippen molar-refractivity contribution < 1.29 is 24.5 Å². The third-order valence-electron chi connectivity index (χ3n) is 5.59. The molecule has 6 rings (SSSR count). The van der Waals surface area contributed by atoms with Crippen LogP contribution in [0.25, 0.3) is 44.5 Å². The Morgan fingerprint density at radius 1 is 0.706 bits per heavy atom. The molecule has 34 heavy (non-hydrogen) atoms. The molecule has 0 bridgehead atoms. The summed E-state index contributed by atoms with van der Waals surface area (Å²) in [4.78, 5) is 8.89. The van der Waals surface area contributed by atoms with E-state index in [1.54, 1.807) is 6.20 Å². The van der Waals surface area contributed by atoms with Gasteiger partial charge in [-0.3, -0.25) is 0 Å². The largest absolute Gasteiger partial charge is 0.501 e. The fourth-order valence-electron chi connectivity index (χ4n) is 3.73. The van der Waals surface area contributed by atoms with E-state index in [-0.39, 0.29) is 20.1 Å². The zero-order valence-electron chi connectivity index (χ0n) is 18.9. The van der Waals surface area contributed by atoms with E-state index < -0.39 is 0 Å². The van der Waals surface area contributed by atoms with Gasteiger partial charge in [0.15, 0.2) is 0 Å². The third kappa shape index (κ3) is 4.84. The van der Waals surface area contributed by atoms with Crippen molar-refractivity contribution in [1.29, 1.82) is 0 Å². The molecule has 0 unspecified atom stereocenters. The van der Waals surface area contributed by atoms with Crippen LogP contribution in [0.2, 0.25) is 0 Å². The smallest absolute Gasteiger partial charge is 0.120 e. The summed E-state index contributed by atoms with van der Waals surface area (Å²) in [6.45, 7) is 4.09. The molecular formula is C30H22IrN2O-2. The first-order valence-electron chi connectivity index (χ1n) is 10.9. The Morgan fingerprint density at radius 2 is 1.53 bits per heavy atom. The molecular weight excluding hydrogens is 597 g/mol. The Labute approximate surface area is 212 Å². The number of aromatic nitrogens is 2. The molecule has 0 atom stereocenters. The van der Waals surface area contributed by atoms with Crippen LogP contribution in [0.3, 0.4) is 0 Å². The number of furan rings is 1. The molecule has 3 nitrogen and oxygen atoms in total. The Bertz CT molecular complexity index is 1490. The van der Waals surface area contributed by atoms with Gasteiger partial charge in [0.05, 0.1) is 5.58 Å². The molecule has 0 aliphatic rings. The van der Waals surface area contributed by atoms with Gasteiger partial charge in [-0.15, -0.1) is 54.1 Å². The Morgan fingerprint density at radius 3 is 2.29 bits per heavy atom. The average Bonchev–Trinajstić information content (AvgIpc) is 3.26. The summed E-state index contributed by atoms with van der Waals surface area (Å²) in [7, 11) is 0. The van der Waals surface area contributed by atoms with E-state index in [9.17, 15) is 0 Å². The van der Waals surface area contributed by atoms with Crippen LogP contribution in [0.15, 0.2) is 102 Å². The van der Waals surface area contributed by atoms with Gasteiger partial charge >= 0.3 is 0 Å². The van der Waals surface area contributed by atoms with Gasteiger partial charge in [-0.25, -0.2) is 0 Å². The van der Waals surface area contributed by atoms with Crippen molar-refractivity contribution in [3.63, 3.8) is 0 Å². The molecule has 3 aromatic carbocycles. The number of para-hydroxylation sites is 1. The van der Waals surface area contributed by atoms with Crippen LogP contribution in [-0.4, -0.2) is 9.97 Å². The molecule has 1 radical (unpaired) electrons. The molecule has 0 aliphatic carbocycles. The normalized spacial score (nSPS) is 10.4. The zero-order chi connectivity index (χ0) is 22.6. The second-order valence-electron chi connectivity index (χ2n) is 7.78. The number of hydrogen-bond acceptors (Lipinski definition) is 3. The number of pyridine rings is 2. The topological polar surface area (TPSA) is 38.9 Å². The van der Waals surface area contributed by atoms with Crippen LogP contribution in [0.4, 0.5) is 0 Å². The average molecular weight is 619 g/mol. The molecule has 0 saturated carbocycles. The summed E-state index contributed by atoms with van der Waals surface area (Å²) in [5.74, 6) is 0. The van der Waals surface area contributed by atoms with Crippen molar-refractivity contribution in [2.24, 2.45) is 0 Å². The van der Waals surface area contributed by atoms with Crippen LogP contribution < -0.4 is 0 Å². The quantitative estimate of drug-likeness (QED) is 0.188. The maximum Gasteiger partial charge on any atom is 0.120 e. The van der Waals surface area contributed by atoms with Crippen LogP contribution >= 0.6 is 0 Å². The monoisotopic (exact) mass is 619 g/mol. The van der Waals surface area contributed by atoms with E-state index in [0.717, 1.165) is 50.1 Å². The summed E-state index contributed by atoms with van der Waals surface area (Å²) in [5, 5.41) is 2.24. The third-order valence-corrected chi connectivity index (χ3v) is 5.59. The number of aryl methyl sites for hydroxylation is 2. The fourth-order valence-corrected chi connectivity index (χ4v) is 3.73. The van der Waals surface area contributed by atoms with E-state index >= 15 is 0 Å². The number of benzene rings is 3. The summed E-state index contributed by atoms with van der Waals surface area (Å²) >= 11 is 0. The number of fused-ring (bicyclic) bond motifs is 3. The van der Waals surface area contributed by atoms with Gasteiger partial charge in [-0.2, -0.15) is 0 Å². The van der Waals surface area contributed by atoms with E-state index in [4.69, 9.17) is 4.42 Å². The van der Waals surface area contributed by atoms with Gasteiger partial charge in [-0.05, 0) is 42.9 Å². The van der Waals surface area contributed by atoms with Crippen molar-refractivity contribution in [3.8, 4) is 22.5 Å². The van der Waals surface area contributed by atoms with Crippen LogP contribution in [0.1, 0.15) is 11.3 Å². The zero-order valence-corrected chi connectivity index (χ0v) is 21.3. The molecule has 0 saturated heterocycles. The number of nitrogens with zero attached hydrogens (tertiary/aromatic N) is 2. The van der Waals surface area contributed by atoms with Crippen LogP contribution in [0.5, 0.6) is 0 Å². The fraction of sp³-hybridized carbons (Fsp3) is 0.0667. The van der Waals surface area contributed by atoms with Crippen molar-refractivity contribution in [2.75, 3.05) is 0 Å². The van der Waals surface area contributed by atoms with Gasteiger partial charge in [0.1, 0.15) is 5.58 Å². The van der Waals surface area contributed by atoms with Crippen molar-refractivity contribution in [2.45, 2.75) is 13.8 Å². The molecule has 6 aromatic rings. The van der Waals surface area contributed by atoms with Gasteiger partial charge in [-0.1, -0.05) is 53.4 Å². The van der Waals surface area contributed by atoms with Crippen molar-refractivity contribution in [1.82, 2.24) is 9.97 Å². The standard InChI is InChI=1S/C19H14NO.C11H8N.Ir/c1-12-10-11-17(20-13(12)2)16-8-5-7-15-14-6-3-4-9-18(14)21-19(15)16;1-2-6-10(7-3-1)11-8-4-5-9-12-11;/h3-7,9-11H,1-2H3;1-6,8-9H;/q2*-1;. The van der Waals surface area contributed by atoms with Crippen LogP contribution in [0, 0.1) is 26.0 Å². The first kappa shape index (κ1) is 23.6. The van der Waals surface area contributed by atoms with Crippen molar-refractivity contribution in [3.05, 3.63) is 121 Å². The Balaban J connectivity index is 0.000000180. The Hall–Kier alpha value is -3.59. The summed E-state index contributed by atoms with van der Waals surface area (Å²) < 4.78 is 6.04. The van der Waals surface area contributed by atoms with Crippen molar-refractivity contribution >= 4 is 21.9 Å². The minimum absolute atomic E-state index is 0. The minimum Gasteiger partial charge on any atom is -0.501 e. The number of rotatable bonds is 2. The molecule has 0 fully saturated rings. The maximum absolute atomic E-state index is 6.04. The van der Waals surface area contributed by atoms with E-state index in [0.29, 0.717) is 0 Å². The first-order chi connectivity index (χ1) is 16.2. The van der Waals surface area contributed by atoms with Gasteiger partial charge in [0, 0.05) is 37.4 Å². The predicted octanol–water partition coefficient (Wildman–Crippen LogP) is 7.61. The van der Waals surface area contributed by atoms with Gasteiger partial charge in [0.25, 0.3) is 0 Å².